The molecule has 0 fully saturated rings. The molecule has 2 aromatic rings. The van der Waals surface area contributed by atoms with Crippen LogP contribution in [0.3, 0.4) is 0 Å². The molecule has 0 bridgehead atoms. The fourth-order valence-electron chi connectivity index (χ4n) is 2.21. The average Bonchev–Trinajstić information content (AvgIpc) is 2.56. The Bertz CT molecular complexity index is 706. The highest BCUT2D eigenvalue weighted by Crippen LogP contribution is 2.16. The van der Waals surface area contributed by atoms with Gasteiger partial charge in [0.1, 0.15) is 5.71 Å². The molecule has 0 heterocycles. The first kappa shape index (κ1) is 16.6. The first-order chi connectivity index (χ1) is 11.1. The molecule has 23 heavy (non-hydrogen) atoms. The van der Waals surface area contributed by atoms with Crippen molar-refractivity contribution < 1.29 is 4.79 Å². The number of carbonyl (C=O) groups is 1. The van der Waals surface area contributed by atoms with Crippen LogP contribution >= 0.6 is 0 Å². The summed E-state index contributed by atoms with van der Waals surface area (Å²) in [5.41, 5.74) is 5.80. The second-order valence-corrected chi connectivity index (χ2v) is 5.30. The minimum Gasteiger partial charge on any atom is -0.293 e. The smallest absolute Gasteiger partial charge is 0.181 e. The molecule has 1 unspecified atom stereocenters. The summed E-state index contributed by atoms with van der Waals surface area (Å²) in [6.45, 7) is 5.31. The summed E-state index contributed by atoms with van der Waals surface area (Å²) in [6, 6.07) is 19.5. The molecule has 0 aliphatic carbocycles. The van der Waals surface area contributed by atoms with Crippen molar-refractivity contribution in [1.29, 1.82) is 0 Å². The van der Waals surface area contributed by atoms with E-state index in [1.54, 1.807) is 0 Å². The number of hydrogen-bond acceptors (Lipinski definition) is 4. The number of nitrogens with zero attached hydrogens (tertiary/aromatic N) is 2. The van der Waals surface area contributed by atoms with E-state index in [1.165, 1.54) is 6.92 Å². The predicted molar refractivity (Wildman–Crippen MR) is 96.1 cm³/mol. The zero-order valence-electron chi connectivity index (χ0n) is 13.7. The van der Waals surface area contributed by atoms with Crippen LogP contribution < -0.4 is 5.43 Å². The third-order valence-corrected chi connectivity index (χ3v) is 3.42. The average molecular weight is 307 g/mol. The number of anilines is 1. The van der Waals surface area contributed by atoms with Gasteiger partial charge in [0.25, 0.3) is 0 Å². The van der Waals surface area contributed by atoms with E-state index in [1.807, 2.05) is 74.5 Å². The van der Waals surface area contributed by atoms with Crippen LogP contribution in [0.15, 0.2) is 70.8 Å². The number of ketones is 1. The molecule has 2 aromatic carbocycles. The minimum absolute atomic E-state index is 0.0301. The second kappa shape index (κ2) is 8.03. The zero-order valence-corrected chi connectivity index (χ0v) is 13.7. The fraction of sp³-hybridized carbons (Fsp3) is 0.211. The quantitative estimate of drug-likeness (QED) is 0.640. The van der Waals surface area contributed by atoms with Crippen molar-refractivity contribution >= 4 is 22.9 Å². The first-order valence-corrected chi connectivity index (χ1v) is 7.57. The zero-order chi connectivity index (χ0) is 16.7. The third-order valence-electron chi connectivity index (χ3n) is 3.42. The van der Waals surface area contributed by atoms with Crippen LogP contribution in [0.2, 0.25) is 0 Å². The molecule has 1 atom stereocenters. The summed E-state index contributed by atoms with van der Waals surface area (Å²) in [5, 5.41) is 4.23. The van der Waals surface area contributed by atoms with Crippen molar-refractivity contribution in [3.63, 3.8) is 0 Å². The lowest BCUT2D eigenvalue weighted by Gasteiger charge is -2.10. The molecule has 4 heteroatoms. The molecule has 2 rings (SSSR count). The molecule has 1 N–H and O–H groups in total. The molecular formula is C19H21N3O. The van der Waals surface area contributed by atoms with Gasteiger partial charge in [-0.05, 0) is 31.5 Å². The lowest BCUT2D eigenvalue weighted by molar-refractivity contribution is -0.110. The second-order valence-electron chi connectivity index (χ2n) is 5.30. The number of hydrogen-bond donors (Lipinski definition) is 1. The predicted octanol–water partition coefficient (Wildman–Crippen LogP) is 4.27. The van der Waals surface area contributed by atoms with Crippen LogP contribution in [0.4, 0.5) is 5.69 Å². The van der Waals surface area contributed by atoms with Crippen molar-refractivity contribution in [2.24, 2.45) is 10.1 Å². The van der Waals surface area contributed by atoms with E-state index in [-0.39, 0.29) is 11.8 Å². The van der Waals surface area contributed by atoms with Crippen LogP contribution in [-0.2, 0) is 4.79 Å². The third kappa shape index (κ3) is 4.88. The number of para-hydroxylation sites is 1. The van der Waals surface area contributed by atoms with E-state index >= 15 is 0 Å². The van der Waals surface area contributed by atoms with E-state index in [2.05, 4.69) is 15.5 Å². The van der Waals surface area contributed by atoms with Crippen LogP contribution in [-0.4, -0.2) is 17.2 Å². The molecule has 0 radical (unpaired) electrons. The molecule has 0 amide bonds. The normalized spacial score (nSPS) is 13.5. The minimum atomic E-state index is -0.116. The topological polar surface area (TPSA) is 53.8 Å². The summed E-state index contributed by atoms with van der Waals surface area (Å²) < 4.78 is 0. The maximum Gasteiger partial charge on any atom is 0.181 e. The van der Waals surface area contributed by atoms with Crippen molar-refractivity contribution in [1.82, 2.24) is 0 Å². The SMILES string of the molecule is CC(=O)/C(=N/Nc1ccccc1)C(C)=NC(C)c1ccccc1. The number of Topliss-reactive ketones (excluding diaryl/α,β-unsaturated/α-hetero) is 1. The number of carbonyl (C=O) groups excluding carboxylic acids is 1. The van der Waals surface area contributed by atoms with E-state index in [9.17, 15) is 4.79 Å². The monoisotopic (exact) mass is 307 g/mol. The Morgan fingerprint density at radius 3 is 2.09 bits per heavy atom. The van der Waals surface area contributed by atoms with E-state index < -0.39 is 0 Å². The van der Waals surface area contributed by atoms with Gasteiger partial charge >= 0.3 is 0 Å². The summed E-state index contributed by atoms with van der Waals surface area (Å²) in [7, 11) is 0. The van der Waals surface area contributed by atoms with Crippen LogP contribution in [0.25, 0.3) is 0 Å². The van der Waals surface area contributed by atoms with Crippen molar-refractivity contribution in [3.05, 3.63) is 66.2 Å². The standard InChI is InChI=1S/C19H21N3O/c1-14(17-10-6-4-7-11-17)20-15(2)19(16(3)23)22-21-18-12-8-5-9-13-18/h4-14,21H,1-3H3/b20-15?,22-19+. The first-order valence-electron chi connectivity index (χ1n) is 7.57. The number of rotatable bonds is 6. The summed E-state index contributed by atoms with van der Waals surface area (Å²) in [5.74, 6) is -0.116. The Hall–Kier alpha value is -2.75. The molecule has 0 spiro atoms. The van der Waals surface area contributed by atoms with Gasteiger partial charge in [0.05, 0.1) is 17.4 Å². The molecule has 0 saturated carbocycles. The van der Waals surface area contributed by atoms with E-state index in [0.29, 0.717) is 11.4 Å². The Kier molecular flexibility index (Phi) is 5.80. The molecule has 4 nitrogen and oxygen atoms in total. The lowest BCUT2D eigenvalue weighted by Crippen LogP contribution is -2.21. The molecule has 0 aromatic heterocycles. The van der Waals surface area contributed by atoms with Crippen LogP contribution in [0.5, 0.6) is 0 Å². The molecule has 118 valence electrons. The van der Waals surface area contributed by atoms with Gasteiger partial charge < -0.3 is 0 Å². The highest BCUT2D eigenvalue weighted by Gasteiger charge is 2.12. The summed E-state index contributed by atoms with van der Waals surface area (Å²) in [4.78, 5) is 16.5. The number of hydrazone groups is 1. The number of benzene rings is 2. The molecule has 0 aliphatic rings. The largest absolute Gasteiger partial charge is 0.293 e. The number of nitrogens with one attached hydrogen (secondary N) is 1. The maximum absolute atomic E-state index is 11.9. The van der Waals surface area contributed by atoms with E-state index in [0.717, 1.165) is 11.3 Å². The maximum atomic E-state index is 11.9. The van der Waals surface area contributed by atoms with Crippen LogP contribution in [0.1, 0.15) is 32.4 Å². The van der Waals surface area contributed by atoms with Gasteiger partial charge in [-0.15, -0.1) is 0 Å². The fourth-order valence-corrected chi connectivity index (χ4v) is 2.21. The highest BCUT2D eigenvalue weighted by molar-refractivity contribution is 6.66. The van der Waals surface area contributed by atoms with Gasteiger partial charge in [-0.25, -0.2) is 0 Å². The molecule has 0 saturated heterocycles. The molecular weight excluding hydrogens is 286 g/mol. The molecule has 0 aliphatic heterocycles. The van der Waals surface area contributed by atoms with Crippen LogP contribution in [0, 0.1) is 0 Å². The Morgan fingerprint density at radius 1 is 0.957 bits per heavy atom. The van der Waals surface area contributed by atoms with E-state index in [4.69, 9.17) is 0 Å². The van der Waals surface area contributed by atoms with Gasteiger partial charge in [0.15, 0.2) is 5.78 Å². The highest BCUT2D eigenvalue weighted by atomic mass is 16.1. The Balaban J connectivity index is 2.19. The van der Waals surface area contributed by atoms with Crippen molar-refractivity contribution in [2.75, 3.05) is 5.43 Å². The van der Waals surface area contributed by atoms with Gasteiger partial charge in [0, 0.05) is 6.92 Å². The summed E-state index contributed by atoms with van der Waals surface area (Å²) in [6.07, 6.45) is 0. The Labute approximate surface area is 137 Å². The van der Waals surface area contributed by atoms with Gasteiger partial charge in [0.2, 0.25) is 0 Å². The van der Waals surface area contributed by atoms with Gasteiger partial charge in [-0.1, -0.05) is 48.5 Å². The lowest BCUT2D eigenvalue weighted by atomic mass is 10.1. The van der Waals surface area contributed by atoms with Crippen molar-refractivity contribution in [3.8, 4) is 0 Å². The van der Waals surface area contributed by atoms with Gasteiger partial charge in [-0.2, -0.15) is 5.10 Å². The number of aliphatic imine (C=N–C) groups is 1. The van der Waals surface area contributed by atoms with Gasteiger partial charge in [-0.3, -0.25) is 15.2 Å². The Morgan fingerprint density at radius 2 is 1.52 bits per heavy atom. The summed E-state index contributed by atoms with van der Waals surface area (Å²) >= 11 is 0. The van der Waals surface area contributed by atoms with Crippen molar-refractivity contribution in [2.45, 2.75) is 26.8 Å².